The maximum Gasteiger partial charge on any atom is 0.122 e. The van der Waals surface area contributed by atoms with E-state index in [0.29, 0.717) is 12.0 Å². The van der Waals surface area contributed by atoms with Gasteiger partial charge in [-0.05, 0) is 18.6 Å². The van der Waals surface area contributed by atoms with Crippen molar-refractivity contribution < 1.29 is 10.2 Å². The first-order chi connectivity index (χ1) is 5.25. The highest BCUT2D eigenvalue weighted by Gasteiger charge is 2.04. The predicted octanol–water partition coefficient (Wildman–Crippen LogP) is 2.04. The summed E-state index contributed by atoms with van der Waals surface area (Å²) in [7, 11) is 0. The average Bonchev–Trinajstić information content (AvgIpc) is 1.97. The molecular weight excluding hydrogens is 208 g/mol. The van der Waals surface area contributed by atoms with Crippen LogP contribution in [0.5, 0.6) is 11.5 Å². The van der Waals surface area contributed by atoms with E-state index in [-0.39, 0.29) is 11.5 Å². The zero-order valence-corrected chi connectivity index (χ0v) is 7.50. The number of phenolic OH excluding ortho intramolecular Hbond substituents is 2. The van der Waals surface area contributed by atoms with Gasteiger partial charge in [-0.3, -0.25) is 0 Å². The van der Waals surface area contributed by atoms with Gasteiger partial charge in [0.25, 0.3) is 0 Å². The maximum absolute atomic E-state index is 9.24. The first-order valence-corrected chi connectivity index (χ1v) is 4.43. The Morgan fingerprint density at radius 3 is 2.18 bits per heavy atom. The number of halogens is 1. The summed E-state index contributed by atoms with van der Waals surface area (Å²) in [4.78, 5) is 0. The topological polar surface area (TPSA) is 40.5 Å². The lowest BCUT2D eigenvalue weighted by Crippen LogP contribution is -1.86. The number of hydrogen-bond donors (Lipinski definition) is 2. The lowest BCUT2D eigenvalue weighted by atomic mass is 10.1. The zero-order chi connectivity index (χ0) is 8.27. The number of aromatic hydroxyl groups is 2. The van der Waals surface area contributed by atoms with Crippen LogP contribution in [-0.4, -0.2) is 15.5 Å². The van der Waals surface area contributed by atoms with Gasteiger partial charge < -0.3 is 10.2 Å². The molecule has 2 nitrogen and oxygen atoms in total. The van der Waals surface area contributed by atoms with Crippen LogP contribution in [0, 0.1) is 0 Å². The number of hydrogen-bond acceptors (Lipinski definition) is 2. The third-order valence-electron chi connectivity index (χ3n) is 1.47. The minimum absolute atomic E-state index is 0.157. The summed E-state index contributed by atoms with van der Waals surface area (Å²) in [5.41, 5.74) is 0.601. The monoisotopic (exact) mass is 216 g/mol. The second-order valence-corrected chi connectivity index (χ2v) is 3.01. The van der Waals surface area contributed by atoms with Gasteiger partial charge in [0.15, 0.2) is 0 Å². The first-order valence-electron chi connectivity index (χ1n) is 3.31. The van der Waals surface area contributed by atoms with Crippen LogP contribution < -0.4 is 0 Å². The molecule has 0 aliphatic heterocycles. The van der Waals surface area contributed by atoms with E-state index in [0.717, 1.165) is 5.33 Å². The molecule has 11 heavy (non-hydrogen) atoms. The molecule has 0 atom stereocenters. The third-order valence-corrected chi connectivity index (χ3v) is 1.87. The standard InChI is InChI=1S/C8H9BrO2/c9-5-4-6-7(10)2-1-3-8(6)11/h1-3,10-11H,4-5H2. The molecule has 0 aromatic heterocycles. The Balaban J connectivity index is 3.00. The summed E-state index contributed by atoms with van der Waals surface area (Å²) < 4.78 is 0. The highest BCUT2D eigenvalue weighted by molar-refractivity contribution is 9.09. The molecule has 60 valence electrons. The molecule has 0 radical (unpaired) electrons. The Morgan fingerprint density at radius 1 is 1.18 bits per heavy atom. The van der Waals surface area contributed by atoms with Gasteiger partial charge in [-0.25, -0.2) is 0 Å². The van der Waals surface area contributed by atoms with Crippen LogP contribution in [0.25, 0.3) is 0 Å². The molecule has 0 saturated heterocycles. The lowest BCUT2D eigenvalue weighted by Gasteiger charge is -2.03. The quantitative estimate of drug-likeness (QED) is 0.744. The van der Waals surface area contributed by atoms with Gasteiger partial charge in [0.2, 0.25) is 0 Å². The van der Waals surface area contributed by atoms with Crippen molar-refractivity contribution in [1.82, 2.24) is 0 Å². The molecule has 0 aliphatic rings. The molecule has 0 heterocycles. The van der Waals surface area contributed by atoms with E-state index in [1.165, 1.54) is 0 Å². The van der Waals surface area contributed by atoms with E-state index in [2.05, 4.69) is 15.9 Å². The fourth-order valence-corrected chi connectivity index (χ4v) is 1.31. The Labute approximate surface area is 73.6 Å². The van der Waals surface area contributed by atoms with Crippen molar-refractivity contribution in [2.75, 3.05) is 5.33 Å². The molecule has 1 rings (SSSR count). The van der Waals surface area contributed by atoms with Crippen molar-refractivity contribution in [3.05, 3.63) is 23.8 Å². The zero-order valence-electron chi connectivity index (χ0n) is 5.92. The molecular formula is C8H9BrO2. The summed E-state index contributed by atoms with van der Waals surface area (Å²) in [5, 5.41) is 19.2. The summed E-state index contributed by atoms with van der Waals surface area (Å²) >= 11 is 3.23. The SMILES string of the molecule is Oc1cccc(O)c1CCBr. The fourth-order valence-electron chi connectivity index (χ4n) is 0.913. The van der Waals surface area contributed by atoms with Gasteiger partial charge >= 0.3 is 0 Å². The van der Waals surface area contributed by atoms with E-state index in [4.69, 9.17) is 0 Å². The van der Waals surface area contributed by atoms with Crippen LogP contribution in [0.4, 0.5) is 0 Å². The van der Waals surface area contributed by atoms with Gasteiger partial charge in [0.05, 0.1) is 0 Å². The second-order valence-electron chi connectivity index (χ2n) is 2.21. The second kappa shape index (κ2) is 3.62. The van der Waals surface area contributed by atoms with Crippen molar-refractivity contribution in [2.45, 2.75) is 6.42 Å². The molecule has 1 aromatic carbocycles. The molecule has 0 fully saturated rings. The number of phenols is 2. The minimum atomic E-state index is 0.157. The molecule has 3 heteroatoms. The third kappa shape index (κ3) is 1.87. The molecule has 0 spiro atoms. The smallest absolute Gasteiger partial charge is 0.122 e. The van der Waals surface area contributed by atoms with E-state index < -0.39 is 0 Å². The van der Waals surface area contributed by atoms with E-state index in [1.807, 2.05) is 0 Å². The van der Waals surface area contributed by atoms with Crippen LogP contribution in [0.2, 0.25) is 0 Å². The number of benzene rings is 1. The van der Waals surface area contributed by atoms with E-state index in [1.54, 1.807) is 18.2 Å². The molecule has 1 aromatic rings. The highest BCUT2D eigenvalue weighted by atomic mass is 79.9. The Kier molecular flexibility index (Phi) is 2.76. The summed E-state index contributed by atoms with van der Waals surface area (Å²) in [5.74, 6) is 0.314. The van der Waals surface area contributed by atoms with Crippen molar-refractivity contribution in [2.24, 2.45) is 0 Å². The summed E-state index contributed by atoms with van der Waals surface area (Å²) in [6.07, 6.45) is 0.637. The van der Waals surface area contributed by atoms with Crippen molar-refractivity contribution in [3.63, 3.8) is 0 Å². The summed E-state index contributed by atoms with van der Waals surface area (Å²) in [6.45, 7) is 0. The Hall–Kier alpha value is -0.700. The van der Waals surface area contributed by atoms with Gasteiger partial charge in [-0.2, -0.15) is 0 Å². The number of alkyl halides is 1. The number of rotatable bonds is 2. The lowest BCUT2D eigenvalue weighted by molar-refractivity contribution is 0.440. The first kappa shape index (κ1) is 8.40. The molecule has 0 aliphatic carbocycles. The van der Waals surface area contributed by atoms with E-state index in [9.17, 15) is 10.2 Å². The molecule has 0 saturated carbocycles. The van der Waals surface area contributed by atoms with Crippen molar-refractivity contribution >= 4 is 15.9 Å². The summed E-state index contributed by atoms with van der Waals surface area (Å²) in [6, 6.07) is 4.75. The van der Waals surface area contributed by atoms with Gasteiger partial charge in [-0.1, -0.05) is 22.0 Å². The van der Waals surface area contributed by atoms with Crippen LogP contribution in [-0.2, 0) is 6.42 Å². The van der Waals surface area contributed by atoms with Gasteiger partial charge in [0.1, 0.15) is 11.5 Å². The molecule has 2 N–H and O–H groups in total. The normalized spacial score (nSPS) is 9.91. The molecule has 0 bridgehead atoms. The van der Waals surface area contributed by atoms with Crippen LogP contribution in [0.1, 0.15) is 5.56 Å². The Morgan fingerprint density at radius 2 is 1.73 bits per heavy atom. The largest absolute Gasteiger partial charge is 0.508 e. The fraction of sp³-hybridized carbons (Fsp3) is 0.250. The van der Waals surface area contributed by atoms with Crippen molar-refractivity contribution in [1.29, 1.82) is 0 Å². The van der Waals surface area contributed by atoms with Crippen LogP contribution in [0.3, 0.4) is 0 Å². The van der Waals surface area contributed by atoms with Crippen LogP contribution >= 0.6 is 15.9 Å². The molecule has 0 amide bonds. The molecule has 0 unspecified atom stereocenters. The van der Waals surface area contributed by atoms with Crippen LogP contribution in [0.15, 0.2) is 18.2 Å². The Bertz CT molecular complexity index is 228. The van der Waals surface area contributed by atoms with E-state index >= 15 is 0 Å². The average molecular weight is 217 g/mol. The predicted molar refractivity (Wildman–Crippen MR) is 47.3 cm³/mol. The van der Waals surface area contributed by atoms with Gasteiger partial charge in [0, 0.05) is 10.9 Å². The minimum Gasteiger partial charge on any atom is -0.508 e. The van der Waals surface area contributed by atoms with Crippen molar-refractivity contribution in [3.8, 4) is 11.5 Å². The maximum atomic E-state index is 9.24. The highest BCUT2D eigenvalue weighted by Crippen LogP contribution is 2.26. The van der Waals surface area contributed by atoms with Gasteiger partial charge in [-0.15, -0.1) is 0 Å².